The number of halogens is 3. The summed E-state index contributed by atoms with van der Waals surface area (Å²) in [6, 6.07) is 14.5. The van der Waals surface area contributed by atoms with Gasteiger partial charge in [-0.05, 0) is 29.8 Å². The maximum absolute atomic E-state index is 12.6. The van der Waals surface area contributed by atoms with Crippen molar-refractivity contribution >= 4 is 11.5 Å². The van der Waals surface area contributed by atoms with Crippen molar-refractivity contribution in [1.82, 2.24) is 0 Å². The number of amidine groups is 1. The molecule has 2 aromatic carbocycles. The van der Waals surface area contributed by atoms with E-state index in [4.69, 9.17) is 5.73 Å². The van der Waals surface area contributed by atoms with E-state index < -0.39 is 11.7 Å². The molecule has 0 saturated heterocycles. The topological polar surface area (TPSA) is 41.6 Å². The third-order valence-electron chi connectivity index (χ3n) is 3.58. The SMILES string of the molecule is NC1=NN(c2ccc(C(F)(F)F)cc2)C(c2ccccc2)C1. The molecule has 114 valence electrons. The zero-order chi connectivity index (χ0) is 15.7. The van der Waals surface area contributed by atoms with Crippen LogP contribution in [-0.2, 0) is 6.18 Å². The molecule has 6 heteroatoms. The van der Waals surface area contributed by atoms with Gasteiger partial charge in [0.25, 0.3) is 0 Å². The average molecular weight is 305 g/mol. The van der Waals surface area contributed by atoms with Crippen LogP contribution in [0.15, 0.2) is 59.7 Å². The summed E-state index contributed by atoms with van der Waals surface area (Å²) in [5.74, 6) is 0.466. The lowest BCUT2D eigenvalue weighted by atomic mass is 10.0. The minimum absolute atomic E-state index is 0.0991. The molecule has 0 saturated carbocycles. The second-order valence-corrected chi connectivity index (χ2v) is 5.11. The van der Waals surface area contributed by atoms with Crippen LogP contribution in [0.5, 0.6) is 0 Å². The molecule has 3 nitrogen and oxygen atoms in total. The predicted molar refractivity (Wildman–Crippen MR) is 79.3 cm³/mol. The summed E-state index contributed by atoms with van der Waals surface area (Å²) < 4.78 is 37.9. The second-order valence-electron chi connectivity index (χ2n) is 5.11. The molecule has 1 atom stereocenters. The van der Waals surface area contributed by atoms with Crippen LogP contribution >= 0.6 is 0 Å². The zero-order valence-corrected chi connectivity index (χ0v) is 11.6. The molecule has 1 heterocycles. The van der Waals surface area contributed by atoms with Crippen molar-refractivity contribution in [3.63, 3.8) is 0 Å². The zero-order valence-electron chi connectivity index (χ0n) is 11.6. The highest BCUT2D eigenvalue weighted by Gasteiger charge is 2.32. The third kappa shape index (κ3) is 2.77. The van der Waals surface area contributed by atoms with Gasteiger partial charge in [-0.25, -0.2) is 0 Å². The van der Waals surface area contributed by atoms with E-state index in [0.717, 1.165) is 17.7 Å². The second kappa shape index (κ2) is 5.36. The van der Waals surface area contributed by atoms with Crippen LogP contribution in [0.1, 0.15) is 23.6 Å². The molecular formula is C16H14F3N3. The van der Waals surface area contributed by atoms with Crippen LogP contribution in [-0.4, -0.2) is 5.84 Å². The highest BCUT2D eigenvalue weighted by molar-refractivity contribution is 5.85. The van der Waals surface area contributed by atoms with Crippen molar-refractivity contribution in [2.75, 3.05) is 5.01 Å². The Balaban J connectivity index is 1.92. The molecule has 0 bridgehead atoms. The largest absolute Gasteiger partial charge is 0.416 e. The lowest BCUT2D eigenvalue weighted by Crippen LogP contribution is -2.18. The first-order chi connectivity index (χ1) is 10.4. The van der Waals surface area contributed by atoms with Crippen molar-refractivity contribution in [3.05, 3.63) is 65.7 Å². The first-order valence-electron chi connectivity index (χ1n) is 6.79. The Bertz CT molecular complexity index is 678. The molecule has 22 heavy (non-hydrogen) atoms. The van der Waals surface area contributed by atoms with Crippen LogP contribution < -0.4 is 10.7 Å². The van der Waals surface area contributed by atoms with Crippen molar-refractivity contribution < 1.29 is 13.2 Å². The summed E-state index contributed by atoms with van der Waals surface area (Å²) in [5, 5.41) is 5.93. The molecule has 0 aliphatic carbocycles. The van der Waals surface area contributed by atoms with E-state index in [0.29, 0.717) is 17.9 Å². The maximum Gasteiger partial charge on any atom is 0.416 e. The number of rotatable bonds is 2. The molecule has 0 aromatic heterocycles. The molecule has 0 spiro atoms. The molecule has 1 aliphatic heterocycles. The Morgan fingerprint density at radius 2 is 1.64 bits per heavy atom. The van der Waals surface area contributed by atoms with Gasteiger partial charge in [-0.1, -0.05) is 30.3 Å². The van der Waals surface area contributed by atoms with Crippen LogP contribution in [0.25, 0.3) is 0 Å². The van der Waals surface area contributed by atoms with Crippen molar-refractivity contribution in [2.24, 2.45) is 10.8 Å². The number of anilines is 1. The summed E-state index contributed by atoms with van der Waals surface area (Å²) in [7, 11) is 0. The predicted octanol–water partition coefficient (Wildman–Crippen LogP) is 3.93. The van der Waals surface area contributed by atoms with Gasteiger partial charge in [-0.15, -0.1) is 0 Å². The number of hydrogen-bond acceptors (Lipinski definition) is 3. The number of nitrogens with zero attached hydrogens (tertiary/aromatic N) is 2. The highest BCUT2D eigenvalue weighted by atomic mass is 19.4. The standard InChI is InChI=1S/C16H14F3N3/c17-16(18,19)12-6-8-13(9-7-12)22-14(10-15(20)21-22)11-4-2-1-3-5-11/h1-9,14H,10H2,(H2,20,21). The third-order valence-corrected chi connectivity index (χ3v) is 3.58. The smallest absolute Gasteiger partial charge is 0.386 e. The number of nitrogens with two attached hydrogens (primary N) is 1. The first kappa shape index (κ1) is 14.4. The number of alkyl halides is 3. The van der Waals surface area contributed by atoms with Gasteiger partial charge in [0.05, 0.1) is 17.3 Å². The van der Waals surface area contributed by atoms with Gasteiger partial charge in [0.2, 0.25) is 0 Å². The van der Waals surface area contributed by atoms with Gasteiger partial charge < -0.3 is 5.73 Å². The fourth-order valence-electron chi connectivity index (χ4n) is 2.51. The monoisotopic (exact) mass is 305 g/mol. The first-order valence-corrected chi connectivity index (χ1v) is 6.79. The van der Waals surface area contributed by atoms with Gasteiger partial charge in [0.15, 0.2) is 0 Å². The molecule has 1 aliphatic rings. The fourth-order valence-corrected chi connectivity index (χ4v) is 2.51. The van der Waals surface area contributed by atoms with Crippen LogP contribution in [0.3, 0.4) is 0 Å². The van der Waals surface area contributed by atoms with Gasteiger partial charge in [0.1, 0.15) is 5.84 Å². The van der Waals surface area contributed by atoms with Crippen molar-refractivity contribution in [3.8, 4) is 0 Å². The van der Waals surface area contributed by atoms with Crippen molar-refractivity contribution in [1.29, 1.82) is 0 Å². The average Bonchev–Trinajstić information content (AvgIpc) is 2.89. The lowest BCUT2D eigenvalue weighted by Gasteiger charge is -2.24. The molecule has 2 aromatic rings. The Morgan fingerprint density at radius 3 is 2.23 bits per heavy atom. The van der Waals surface area contributed by atoms with E-state index in [1.165, 1.54) is 12.1 Å². The summed E-state index contributed by atoms with van der Waals surface area (Å²) in [4.78, 5) is 0. The Hall–Kier alpha value is -2.50. The Morgan fingerprint density at radius 1 is 1.00 bits per heavy atom. The summed E-state index contributed by atoms with van der Waals surface area (Å²) in [5.41, 5.74) is 6.75. The van der Waals surface area contributed by atoms with E-state index in [-0.39, 0.29) is 6.04 Å². The van der Waals surface area contributed by atoms with E-state index in [1.54, 1.807) is 5.01 Å². The minimum atomic E-state index is -4.34. The molecule has 1 unspecified atom stereocenters. The Labute approximate surface area is 125 Å². The molecule has 0 amide bonds. The van der Waals surface area contributed by atoms with Gasteiger partial charge >= 0.3 is 6.18 Å². The summed E-state index contributed by atoms with van der Waals surface area (Å²) in [6.45, 7) is 0. The lowest BCUT2D eigenvalue weighted by molar-refractivity contribution is -0.137. The van der Waals surface area contributed by atoms with Crippen LogP contribution in [0.4, 0.5) is 18.9 Å². The summed E-state index contributed by atoms with van der Waals surface area (Å²) >= 11 is 0. The molecule has 0 radical (unpaired) electrons. The molecule has 0 fully saturated rings. The van der Waals surface area contributed by atoms with Gasteiger partial charge in [-0.3, -0.25) is 5.01 Å². The van der Waals surface area contributed by atoms with E-state index in [1.807, 2.05) is 30.3 Å². The van der Waals surface area contributed by atoms with Crippen LogP contribution in [0.2, 0.25) is 0 Å². The molecular weight excluding hydrogens is 291 g/mol. The van der Waals surface area contributed by atoms with E-state index in [9.17, 15) is 13.2 Å². The van der Waals surface area contributed by atoms with E-state index in [2.05, 4.69) is 5.10 Å². The van der Waals surface area contributed by atoms with Crippen LogP contribution in [0, 0.1) is 0 Å². The van der Waals surface area contributed by atoms with Gasteiger partial charge in [-0.2, -0.15) is 18.3 Å². The molecule has 3 rings (SSSR count). The van der Waals surface area contributed by atoms with Gasteiger partial charge in [0, 0.05) is 6.42 Å². The highest BCUT2D eigenvalue weighted by Crippen LogP contribution is 2.36. The summed E-state index contributed by atoms with van der Waals surface area (Å²) in [6.07, 6.45) is -3.80. The Kier molecular flexibility index (Phi) is 3.52. The maximum atomic E-state index is 12.6. The number of hydrazone groups is 1. The normalized spacial score (nSPS) is 18.4. The fraction of sp³-hybridized carbons (Fsp3) is 0.188. The van der Waals surface area contributed by atoms with Crippen molar-refractivity contribution in [2.45, 2.75) is 18.6 Å². The quantitative estimate of drug-likeness (QED) is 0.913. The van der Waals surface area contributed by atoms with E-state index >= 15 is 0 Å². The number of hydrogen-bond donors (Lipinski definition) is 1. The molecule has 2 N–H and O–H groups in total. The number of benzene rings is 2. The minimum Gasteiger partial charge on any atom is -0.386 e.